The lowest BCUT2D eigenvalue weighted by molar-refractivity contribution is 0.0796. The maximum absolute atomic E-state index is 13.4. The van der Waals surface area contributed by atoms with Gasteiger partial charge in [0.25, 0.3) is 11.8 Å². The number of nitrogens with zero attached hydrogens (tertiary/aromatic N) is 7. The van der Waals surface area contributed by atoms with Crippen LogP contribution in [-0.4, -0.2) is 54.4 Å². The highest BCUT2D eigenvalue weighted by Gasteiger charge is 2.71. The van der Waals surface area contributed by atoms with Crippen LogP contribution >= 0.6 is 0 Å². The van der Waals surface area contributed by atoms with E-state index in [-0.39, 0.29) is 17.6 Å². The number of halogens is 2. The number of nitrogens with one attached hydrogen (secondary N) is 1. The van der Waals surface area contributed by atoms with Crippen LogP contribution in [0, 0.1) is 11.8 Å². The first-order valence-corrected chi connectivity index (χ1v) is 10.7. The summed E-state index contributed by atoms with van der Waals surface area (Å²) in [5, 5.41) is 11.0. The van der Waals surface area contributed by atoms with E-state index in [2.05, 4.69) is 25.6 Å². The van der Waals surface area contributed by atoms with Crippen LogP contribution in [0.4, 0.5) is 14.6 Å². The first-order chi connectivity index (χ1) is 15.4. The number of piperidine rings is 1. The van der Waals surface area contributed by atoms with Crippen LogP contribution in [0.2, 0.25) is 0 Å². The third-order valence-electron chi connectivity index (χ3n) is 6.85. The smallest absolute Gasteiger partial charge is 0.274 e. The second kappa shape index (κ2) is 6.81. The summed E-state index contributed by atoms with van der Waals surface area (Å²) in [7, 11) is 1.95. The Bertz CT molecular complexity index is 1170. The minimum Gasteiger partial charge on any atom is -0.356 e. The minimum atomic E-state index is -2.49. The van der Waals surface area contributed by atoms with Crippen molar-refractivity contribution in [3.63, 3.8) is 0 Å². The summed E-state index contributed by atoms with van der Waals surface area (Å²) < 4.78 is 30.3. The lowest BCUT2D eigenvalue weighted by atomic mass is 10.2. The van der Waals surface area contributed by atoms with Gasteiger partial charge in [-0.15, -0.1) is 5.10 Å². The number of anilines is 1. The molecule has 0 radical (unpaired) electrons. The largest absolute Gasteiger partial charge is 0.356 e. The van der Waals surface area contributed by atoms with Gasteiger partial charge < -0.3 is 14.8 Å². The highest BCUT2D eigenvalue weighted by atomic mass is 19.3. The van der Waals surface area contributed by atoms with E-state index in [1.807, 2.05) is 28.6 Å². The zero-order valence-corrected chi connectivity index (χ0v) is 17.4. The number of fused-ring (bicyclic) bond motifs is 2. The quantitative estimate of drug-likeness (QED) is 0.648. The standard InChI is InChI=1S/C21H22F2N8O/c1-29-11-25-19-15(3-4-17(19)29)26-20(32)16-10-31(28-27-16)7-12-2-5-18(24-6-12)30-8-13-14(9-30)21(13,22)23/h2,5-6,10-11,13-15H,3-4,7-9H2,1H3,(H,26,32)/t13?,14?,15-/m1/s1. The molecule has 3 aromatic rings. The first-order valence-electron chi connectivity index (χ1n) is 10.7. The number of aryl methyl sites for hydroxylation is 1. The number of rotatable bonds is 5. The van der Waals surface area contributed by atoms with Gasteiger partial charge in [-0.05, 0) is 24.5 Å². The van der Waals surface area contributed by atoms with Gasteiger partial charge in [0.15, 0.2) is 5.69 Å². The topological polar surface area (TPSA) is 93.8 Å². The fraction of sp³-hybridized carbons (Fsp3) is 0.476. The van der Waals surface area contributed by atoms with Gasteiger partial charge >= 0.3 is 0 Å². The molecule has 0 spiro atoms. The van der Waals surface area contributed by atoms with Crippen LogP contribution in [0.5, 0.6) is 0 Å². The molecule has 1 saturated heterocycles. The Balaban J connectivity index is 1.07. The molecule has 11 heteroatoms. The van der Waals surface area contributed by atoms with Crippen LogP contribution in [-0.2, 0) is 20.0 Å². The second-order valence-corrected chi connectivity index (χ2v) is 8.87. The molecule has 1 N–H and O–H groups in total. The Kier molecular flexibility index (Phi) is 4.11. The molecule has 0 bridgehead atoms. The number of alkyl halides is 2. The number of amides is 1. The number of carbonyl (C=O) groups excluding carboxylic acids is 1. The monoisotopic (exact) mass is 440 g/mol. The maximum Gasteiger partial charge on any atom is 0.274 e. The van der Waals surface area contributed by atoms with Gasteiger partial charge in [-0.25, -0.2) is 23.4 Å². The van der Waals surface area contributed by atoms with Gasteiger partial charge in [0.05, 0.1) is 42.6 Å². The molecule has 4 heterocycles. The molecule has 3 atom stereocenters. The van der Waals surface area contributed by atoms with Crippen molar-refractivity contribution >= 4 is 11.7 Å². The number of aromatic nitrogens is 6. The summed E-state index contributed by atoms with van der Waals surface area (Å²) in [5.41, 5.74) is 3.19. The Labute approximate surface area is 182 Å². The molecule has 9 nitrogen and oxygen atoms in total. The number of imidazole rings is 1. The third-order valence-corrected chi connectivity index (χ3v) is 6.85. The van der Waals surface area contributed by atoms with Gasteiger partial charge in [0.1, 0.15) is 5.82 Å². The Morgan fingerprint density at radius 3 is 2.81 bits per heavy atom. The Morgan fingerprint density at radius 2 is 2.06 bits per heavy atom. The molecule has 3 aliphatic rings. The second-order valence-electron chi connectivity index (χ2n) is 8.87. The van der Waals surface area contributed by atoms with Crippen LogP contribution in [0.25, 0.3) is 0 Å². The van der Waals surface area contributed by atoms with Crippen LogP contribution in [0.1, 0.15) is 39.9 Å². The van der Waals surface area contributed by atoms with E-state index >= 15 is 0 Å². The van der Waals surface area contributed by atoms with Crippen LogP contribution < -0.4 is 10.2 Å². The molecule has 1 saturated carbocycles. The summed E-state index contributed by atoms with van der Waals surface area (Å²) in [6.45, 7) is 1.11. The highest BCUT2D eigenvalue weighted by Crippen LogP contribution is 2.59. The Morgan fingerprint density at radius 1 is 1.25 bits per heavy atom. The first kappa shape index (κ1) is 19.3. The molecule has 2 aliphatic carbocycles. The average Bonchev–Trinajstić information content (AvgIpc) is 3.41. The normalized spacial score (nSPS) is 25.0. The van der Waals surface area contributed by atoms with Crippen LogP contribution in [0.3, 0.4) is 0 Å². The third kappa shape index (κ3) is 3.06. The number of pyridine rings is 1. The maximum atomic E-state index is 13.4. The van der Waals surface area contributed by atoms with Crippen molar-refractivity contribution in [1.29, 1.82) is 0 Å². The predicted octanol–water partition coefficient (Wildman–Crippen LogP) is 1.57. The van der Waals surface area contributed by atoms with E-state index in [1.54, 1.807) is 23.4 Å². The molecule has 0 aromatic carbocycles. The summed E-state index contributed by atoms with van der Waals surface area (Å²) in [4.78, 5) is 23.3. The van der Waals surface area contributed by atoms with Crippen molar-refractivity contribution in [1.82, 2.24) is 34.8 Å². The number of hydrogen-bond donors (Lipinski definition) is 1. The van der Waals surface area contributed by atoms with E-state index < -0.39 is 17.8 Å². The zero-order chi connectivity index (χ0) is 22.0. The SMILES string of the molecule is Cn1cnc2c1CC[C@H]2NC(=O)c1cn(Cc2ccc(N3CC4C(C3)C4(F)F)nc2)nn1. The lowest BCUT2D eigenvalue weighted by Crippen LogP contribution is -2.28. The van der Waals surface area contributed by atoms with E-state index in [9.17, 15) is 13.6 Å². The van der Waals surface area contributed by atoms with Crippen molar-refractivity contribution in [3.8, 4) is 0 Å². The number of carbonyl (C=O) groups is 1. The van der Waals surface area contributed by atoms with Crippen molar-refractivity contribution in [2.45, 2.75) is 31.4 Å². The lowest BCUT2D eigenvalue weighted by Gasteiger charge is -2.20. The average molecular weight is 440 g/mol. The minimum absolute atomic E-state index is 0.114. The molecule has 1 aliphatic heterocycles. The van der Waals surface area contributed by atoms with Gasteiger partial charge in [0.2, 0.25) is 0 Å². The van der Waals surface area contributed by atoms with E-state index in [0.717, 1.165) is 29.8 Å². The molecule has 3 aromatic heterocycles. The number of hydrogen-bond acceptors (Lipinski definition) is 6. The van der Waals surface area contributed by atoms with E-state index in [1.165, 1.54) is 0 Å². The zero-order valence-electron chi connectivity index (χ0n) is 17.4. The van der Waals surface area contributed by atoms with Crippen molar-refractivity contribution in [2.24, 2.45) is 18.9 Å². The Hall–Kier alpha value is -3.37. The summed E-state index contributed by atoms with van der Waals surface area (Å²) in [6, 6.07) is 3.62. The fourth-order valence-electron chi connectivity index (χ4n) is 4.92. The molecule has 6 rings (SSSR count). The molecule has 1 amide bonds. The predicted molar refractivity (Wildman–Crippen MR) is 109 cm³/mol. The van der Waals surface area contributed by atoms with Crippen molar-refractivity contribution < 1.29 is 13.6 Å². The van der Waals surface area contributed by atoms with Crippen molar-refractivity contribution in [2.75, 3.05) is 18.0 Å². The molecule has 2 fully saturated rings. The molecule has 32 heavy (non-hydrogen) atoms. The summed E-state index contributed by atoms with van der Waals surface area (Å²) >= 11 is 0. The van der Waals surface area contributed by atoms with Gasteiger partial charge in [-0.1, -0.05) is 11.3 Å². The van der Waals surface area contributed by atoms with Gasteiger partial charge in [-0.2, -0.15) is 0 Å². The van der Waals surface area contributed by atoms with E-state index in [4.69, 9.17) is 0 Å². The van der Waals surface area contributed by atoms with Gasteiger partial charge in [0, 0.05) is 32.0 Å². The fourth-order valence-corrected chi connectivity index (χ4v) is 4.92. The van der Waals surface area contributed by atoms with Crippen LogP contribution in [0.15, 0.2) is 30.9 Å². The van der Waals surface area contributed by atoms with Crippen molar-refractivity contribution in [3.05, 3.63) is 53.5 Å². The highest BCUT2D eigenvalue weighted by molar-refractivity contribution is 5.92. The van der Waals surface area contributed by atoms with Gasteiger partial charge in [-0.3, -0.25) is 4.79 Å². The molecular weight excluding hydrogens is 418 g/mol. The molecule has 2 unspecified atom stereocenters. The molecular formula is C21H22F2N8O. The van der Waals surface area contributed by atoms with E-state index in [0.29, 0.717) is 25.5 Å². The molecule has 166 valence electrons. The summed E-state index contributed by atoms with van der Waals surface area (Å²) in [6.07, 6.45) is 6.78. The summed E-state index contributed by atoms with van der Waals surface area (Å²) in [5.74, 6) is -3.13.